The normalized spacial score (nSPS) is 11.3. The van der Waals surface area contributed by atoms with Crippen molar-refractivity contribution in [2.24, 2.45) is 0 Å². The number of sulfone groups is 1. The van der Waals surface area contributed by atoms with Crippen LogP contribution in [0.15, 0.2) is 59.5 Å². The summed E-state index contributed by atoms with van der Waals surface area (Å²) in [4.78, 5) is 23.6. The summed E-state index contributed by atoms with van der Waals surface area (Å²) in [5.74, 6) is -1.30. The Hall–Kier alpha value is -2.93. The van der Waals surface area contributed by atoms with Gasteiger partial charge in [-0.3, -0.25) is 4.79 Å². The summed E-state index contributed by atoms with van der Waals surface area (Å²) in [6, 6.07) is 13.6. The second-order valence-corrected chi connectivity index (χ2v) is 7.65. The standard InChI is InChI=1S/C19H19NO5S/c1-14-7-9-15(10-8-14)11-12-19(22)25-13-18(21)20-16-5-3-4-6-17(16)26(2,23)24/h3-12H,13H2,1-2H3,(H,20,21)/b12-11+. The number of carbonyl (C=O) groups is 2. The number of amides is 1. The number of anilines is 1. The molecule has 7 heteroatoms. The van der Waals surface area contributed by atoms with Crippen LogP contribution in [0.25, 0.3) is 6.08 Å². The average Bonchev–Trinajstić information content (AvgIpc) is 2.59. The fourth-order valence-corrected chi connectivity index (χ4v) is 2.95. The van der Waals surface area contributed by atoms with Crippen LogP contribution in [0.4, 0.5) is 5.69 Å². The molecule has 0 aliphatic heterocycles. The van der Waals surface area contributed by atoms with Gasteiger partial charge in [-0.25, -0.2) is 13.2 Å². The molecule has 0 atom stereocenters. The Kier molecular flexibility index (Phi) is 6.30. The lowest BCUT2D eigenvalue weighted by Gasteiger charge is -2.09. The first-order valence-corrected chi connectivity index (χ1v) is 9.65. The van der Waals surface area contributed by atoms with E-state index in [2.05, 4.69) is 5.32 Å². The highest BCUT2D eigenvalue weighted by atomic mass is 32.2. The van der Waals surface area contributed by atoms with Gasteiger partial charge in [0.25, 0.3) is 5.91 Å². The molecule has 2 aromatic rings. The van der Waals surface area contributed by atoms with E-state index in [4.69, 9.17) is 4.74 Å². The maximum atomic E-state index is 11.9. The van der Waals surface area contributed by atoms with Crippen LogP contribution in [-0.4, -0.2) is 33.2 Å². The van der Waals surface area contributed by atoms with Crippen molar-refractivity contribution < 1.29 is 22.7 Å². The molecule has 2 aromatic carbocycles. The van der Waals surface area contributed by atoms with Crippen molar-refractivity contribution in [2.75, 3.05) is 18.2 Å². The van der Waals surface area contributed by atoms with Crippen LogP contribution in [0.3, 0.4) is 0 Å². The quantitative estimate of drug-likeness (QED) is 0.621. The van der Waals surface area contributed by atoms with E-state index in [1.165, 1.54) is 18.2 Å². The predicted molar refractivity (Wildman–Crippen MR) is 99.4 cm³/mol. The zero-order valence-electron chi connectivity index (χ0n) is 14.4. The molecule has 0 aliphatic carbocycles. The number of aryl methyl sites for hydroxylation is 1. The van der Waals surface area contributed by atoms with Gasteiger partial charge in [0.15, 0.2) is 16.4 Å². The van der Waals surface area contributed by atoms with Gasteiger partial charge in [-0.1, -0.05) is 42.0 Å². The van der Waals surface area contributed by atoms with Gasteiger partial charge in [0, 0.05) is 12.3 Å². The van der Waals surface area contributed by atoms with Crippen molar-refractivity contribution in [1.82, 2.24) is 0 Å². The van der Waals surface area contributed by atoms with Crippen LogP contribution in [0.5, 0.6) is 0 Å². The van der Waals surface area contributed by atoms with E-state index in [1.807, 2.05) is 31.2 Å². The van der Waals surface area contributed by atoms with Gasteiger partial charge in [0.1, 0.15) is 0 Å². The van der Waals surface area contributed by atoms with Crippen LogP contribution < -0.4 is 5.32 Å². The van der Waals surface area contributed by atoms with Gasteiger partial charge in [-0.2, -0.15) is 0 Å². The van der Waals surface area contributed by atoms with E-state index in [0.717, 1.165) is 17.4 Å². The van der Waals surface area contributed by atoms with Gasteiger partial charge < -0.3 is 10.1 Å². The van der Waals surface area contributed by atoms with Crippen molar-refractivity contribution in [3.63, 3.8) is 0 Å². The number of hydrogen-bond donors (Lipinski definition) is 1. The third-order valence-corrected chi connectivity index (χ3v) is 4.55. The molecule has 0 fully saturated rings. The number of benzene rings is 2. The minimum absolute atomic E-state index is 0.000978. The molecule has 0 aliphatic rings. The highest BCUT2D eigenvalue weighted by Gasteiger charge is 2.15. The Bertz CT molecular complexity index is 931. The van der Waals surface area contributed by atoms with E-state index in [9.17, 15) is 18.0 Å². The molecule has 0 saturated heterocycles. The number of ether oxygens (including phenoxy) is 1. The number of para-hydroxylation sites is 1. The highest BCUT2D eigenvalue weighted by molar-refractivity contribution is 7.90. The second-order valence-electron chi connectivity index (χ2n) is 5.67. The number of hydrogen-bond acceptors (Lipinski definition) is 5. The van der Waals surface area contributed by atoms with Crippen molar-refractivity contribution in [1.29, 1.82) is 0 Å². The molecule has 2 rings (SSSR count). The van der Waals surface area contributed by atoms with Crippen LogP contribution in [-0.2, 0) is 24.2 Å². The first kappa shape index (κ1) is 19.4. The average molecular weight is 373 g/mol. The molecular formula is C19H19NO5S. The predicted octanol–water partition coefficient (Wildman–Crippen LogP) is 2.59. The van der Waals surface area contributed by atoms with E-state index >= 15 is 0 Å². The number of nitrogens with one attached hydrogen (secondary N) is 1. The maximum Gasteiger partial charge on any atom is 0.331 e. The minimum Gasteiger partial charge on any atom is -0.452 e. The molecule has 0 heterocycles. The first-order chi connectivity index (χ1) is 12.3. The molecule has 0 spiro atoms. The van der Waals surface area contributed by atoms with E-state index in [1.54, 1.807) is 18.2 Å². The van der Waals surface area contributed by atoms with Gasteiger partial charge in [-0.05, 0) is 30.7 Å². The third-order valence-electron chi connectivity index (χ3n) is 3.40. The van der Waals surface area contributed by atoms with Crippen LogP contribution in [0, 0.1) is 6.92 Å². The summed E-state index contributed by atoms with van der Waals surface area (Å²) in [5.41, 5.74) is 2.08. The molecule has 0 bridgehead atoms. The Morgan fingerprint density at radius 3 is 2.38 bits per heavy atom. The van der Waals surface area contributed by atoms with Crippen LogP contribution in [0.1, 0.15) is 11.1 Å². The lowest BCUT2D eigenvalue weighted by atomic mass is 10.1. The van der Waals surface area contributed by atoms with Crippen molar-refractivity contribution in [3.05, 3.63) is 65.7 Å². The Morgan fingerprint density at radius 2 is 1.73 bits per heavy atom. The number of rotatable bonds is 6. The third kappa shape index (κ3) is 5.86. The van der Waals surface area contributed by atoms with E-state index < -0.39 is 28.3 Å². The monoisotopic (exact) mass is 373 g/mol. The van der Waals surface area contributed by atoms with Crippen molar-refractivity contribution >= 4 is 33.5 Å². The van der Waals surface area contributed by atoms with Crippen molar-refractivity contribution in [3.8, 4) is 0 Å². The Balaban J connectivity index is 1.91. The second kappa shape index (κ2) is 8.44. The summed E-state index contributed by atoms with van der Waals surface area (Å²) in [6.45, 7) is 1.44. The molecule has 0 aromatic heterocycles. The van der Waals surface area contributed by atoms with Gasteiger partial charge >= 0.3 is 5.97 Å². The van der Waals surface area contributed by atoms with Crippen LogP contribution in [0.2, 0.25) is 0 Å². The summed E-state index contributed by atoms with van der Waals surface area (Å²) in [7, 11) is -3.49. The SMILES string of the molecule is Cc1ccc(/C=C/C(=O)OCC(=O)Nc2ccccc2S(C)(=O)=O)cc1. The number of esters is 1. The molecule has 0 radical (unpaired) electrons. The summed E-state index contributed by atoms with van der Waals surface area (Å²) >= 11 is 0. The summed E-state index contributed by atoms with van der Waals surface area (Å²) < 4.78 is 28.3. The largest absolute Gasteiger partial charge is 0.452 e. The molecule has 1 amide bonds. The fourth-order valence-electron chi connectivity index (χ4n) is 2.11. The molecule has 26 heavy (non-hydrogen) atoms. The maximum absolute atomic E-state index is 11.9. The summed E-state index contributed by atoms with van der Waals surface area (Å²) in [6.07, 6.45) is 3.86. The summed E-state index contributed by atoms with van der Waals surface area (Å²) in [5, 5.41) is 2.43. The highest BCUT2D eigenvalue weighted by Crippen LogP contribution is 2.20. The first-order valence-electron chi connectivity index (χ1n) is 7.76. The number of carbonyl (C=O) groups excluding carboxylic acids is 2. The molecule has 1 N–H and O–H groups in total. The minimum atomic E-state index is -3.49. The molecule has 0 saturated carbocycles. The Labute approximate surface area is 152 Å². The van der Waals surface area contributed by atoms with Crippen LogP contribution >= 0.6 is 0 Å². The van der Waals surface area contributed by atoms with Gasteiger partial charge in [0.05, 0.1) is 10.6 Å². The lowest BCUT2D eigenvalue weighted by molar-refractivity contribution is -0.142. The molecule has 0 unspecified atom stereocenters. The molecule has 136 valence electrons. The van der Waals surface area contributed by atoms with E-state index in [0.29, 0.717) is 0 Å². The van der Waals surface area contributed by atoms with Gasteiger partial charge in [-0.15, -0.1) is 0 Å². The van der Waals surface area contributed by atoms with Gasteiger partial charge in [0.2, 0.25) is 0 Å². The fraction of sp³-hybridized carbons (Fsp3) is 0.158. The van der Waals surface area contributed by atoms with Crippen molar-refractivity contribution in [2.45, 2.75) is 11.8 Å². The lowest BCUT2D eigenvalue weighted by Crippen LogP contribution is -2.21. The smallest absolute Gasteiger partial charge is 0.331 e. The molecule has 6 nitrogen and oxygen atoms in total. The van der Waals surface area contributed by atoms with E-state index in [-0.39, 0.29) is 10.6 Å². The topological polar surface area (TPSA) is 89.5 Å². The molecular weight excluding hydrogens is 354 g/mol. The Morgan fingerprint density at radius 1 is 1.08 bits per heavy atom. The zero-order chi connectivity index (χ0) is 19.2. The zero-order valence-corrected chi connectivity index (χ0v) is 15.2.